The van der Waals surface area contributed by atoms with Crippen molar-refractivity contribution in [2.75, 3.05) is 39.3 Å². The molecular formula is C22H30N6O3. The second-order valence-electron chi connectivity index (χ2n) is 8.10. The zero-order chi connectivity index (χ0) is 22.0. The maximum absolute atomic E-state index is 13.0. The number of imide groups is 1. The van der Waals surface area contributed by atoms with E-state index in [0.29, 0.717) is 50.8 Å². The van der Waals surface area contributed by atoms with Gasteiger partial charge in [0, 0.05) is 44.8 Å². The van der Waals surface area contributed by atoms with Crippen molar-refractivity contribution in [2.24, 2.45) is 4.99 Å². The molecule has 3 aliphatic heterocycles. The maximum atomic E-state index is 13.0. The van der Waals surface area contributed by atoms with Gasteiger partial charge in [0.2, 0.25) is 0 Å². The van der Waals surface area contributed by atoms with Crippen LogP contribution in [0.3, 0.4) is 0 Å². The Morgan fingerprint density at radius 3 is 2.35 bits per heavy atom. The van der Waals surface area contributed by atoms with E-state index in [1.807, 2.05) is 49.1 Å². The van der Waals surface area contributed by atoms with Crippen molar-refractivity contribution in [1.82, 2.24) is 24.9 Å². The molecule has 0 aromatic heterocycles. The van der Waals surface area contributed by atoms with Gasteiger partial charge in [-0.25, -0.2) is 9.79 Å². The van der Waals surface area contributed by atoms with Crippen LogP contribution in [0, 0.1) is 0 Å². The number of nitrogens with one attached hydrogen (secondary N) is 1. The number of hydrogen-bond donors (Lipinski definition) is 1. The lowest BCUT2D eigenvalue weighted by atomic mass is 10.1. The molecular weight excluding hydrogens is 396 g/mol. The number of fused-ring (bicyclic) bond motifs is 1. The molecule has 0 saturated carbocycles. The third-order valence-corrected chi connectivity index (χ3v) is 5.96. The molecule has 31 heavy (non-hydrogen) atoms. The van der Waals surface area contributed by atoms with Crippen LogP contribution in [0.2, 0.25) is 0 Å². The van der Waals surface area contributed by atoms with Gasteiger partial charge in [-0.05, 0) is 25.0 Å². The van der Waals surface area contributed by atoms with E-state index in [9.17, 15) is 14.4 Å². The number of amides is 4. The molecule has 1 N–H and O–H groups in total. The molecule has 0 aliphatic carbocycles. The van der Waals surface area contributed by atoms with Crippen molar-refractivity contribution in [3.05, 3.63) is 35.9 Å². The average Bonchev–Trinajstić information content (AvgIpc) is 3.25. The molecule has 2 saturated heterocycles. The topological polar surface area (TPSA) is 88.6 Å². The molecule has 2 unspecified atom stereocenters. The lowest BCUT2D eigenvalue weighted by Crippen LogP contribution is -2.66. The minimum Gasteiger partial charge on any atom is -0.341 e. The van der Waals surface area contributed by atoms with E-state index >= 15 is 0 Å². The highest BCUT2D eigenvalue weighted by molar-refractivity contribution is 6.04. The normalized spacial score (nSPS) is 23.6. The van der Waals surface area contributed by atoms with Gasteiger partial charge in [-0.1, -0.05) is 32.0 Å². The summed E-state index contributed by atoms with van der Waals surface area (Å²) in [6.45, 7) is 7.35. The highest BCUT2D eigenvalue weighted by atomic mass is 16.2. The van der Waals surface area contributed by atoms with E-state index in [2.05, 4.69) is 10.2 Å². The standard InChI is InChI=1S/C22H30N6O3/c1-3-10-27-18-17(20(30)28(11-4-2)22(27)31)23-21(24-18)26-14-12-25(13-15-26)19(29)16-8-6-5-7-9-16/h5-9,17-18H,3-4,10-15H2,1-2H3,(H,23,24). The predicted molar refractivity (Wildman–Crippen MR) is 116 cm³/mol. The van der Waals surface area contributed by atoms with Crippen molar-refractivity contribution in [3.63, 3.8) is 0 Å². The number of hydrogen-bond acceptors (Lipinski definition) is 6. The molecule has 9 heteroatoms. The first-order valence-corrected chi connectivity index (χ1v) is 11.1. The van der Waals surface area contributed by atoms with Crippen molar-refractivity contribution in [1.29, 1.82) is 0 Å². The summed E-state index contributed by atoms with van der Waals surface area (Å²) in [6.07, 6.45) is 1.01. The summed E-state index contributed by atoms with van der Waals surface area (Å²) >= 11 is 0. The highest BCUT2D eigenvalue weighted by Crippen LogP contribution is 2.24. The van der Waals surface area contributed by atoms with Gasteiger partial charge in [0.15, 0.2) is 12.1 Å². The molecule has 0 bridgehead atoms. The van der Waals surface area contributed by atoms with E-state index in [4.69, 9.17) is 4.99 Å². The third-order valence-electron chi connectivity index (χ3n) is 5.96. The largest absolute Gasteiger partial charge is 0.341 e. The summed E-state index contributed by atoms with van der Waals surface area (Å²) in [6, 6.07) is 8.49. The molecule has 4 amide bonds. The SMILES string of the molecule is CCCN1C(=O)C2NC(N3CCN(C(=O)c4ccccc4)CC3)=NC2N(CCC)C1=O. The van der Waals surface area contributed by atoms with Crippen LogP contribution in [-0.4, -0.2) is 94.9 Å². The van der Waals surface area contributed by atoms with Gasteiger partial charge in [-0.15, -0.1) is 0 Å². The fourth-order valence-electron chi connectivity index (χ4n) is 4.38. The second kappa shape index (κ2) is 8.95. The Morgan fingerprint density at radius 2 is 1.71 bits per heavy atom. The first-order valence-electron chi connectivity index (χ1n) is 11.1. The molecule has 2 fully saturated rings. The second-order valence-corrected chi connectivity index (χ2v) is 8.10. The number of carbonyl (C=O) groups excluding carboxylic acids is 3. The number of benzene rings is 1. The van der Waals surface area contributed by atoms with Crippen LogP contribution in [0.1, 0.15) is 37.0 Å². The minimum absolute atomic E-state index is 0.0281. The summed E-state index contributed by atoms with van der Waals surface area (Å²) in [5.41, 5.74) is 0.689. The minimum atomic E-state index is -0.546. The molecule has 0 radical (unpaired) electrons. The first-order chi connectivity index (χ1) is 15.0. The van der Waals surface area contributed by atoms with Gasteiger partial charge in [-0.2, -0.15) is 0 Å². The molecule has 1 aromatic carbocycles. The molecule has 4 rings (SSSR count). The molecule has 2 atom stereocenters. The van der Waals surface area contributed by atoms with E-state index in [1.165, 1.54) is 4.90 Å². The van der Waals surface area contributed by atoms with E-state index < -0.39 is 12.2 Å². The van der Waals surface area contributed by atoms with Crippen LogP contribution in [0.5, 0.6) is 0 Å². The van der Waals surface area contributed by atoms with Gasteiger partial charge in [0.25, 0.3) is 11.8 Å². The van der Waals surface area contributed by atoms with Crippen LogP contribution in [0.15, 0.2) is 35.3 Å². The number of rotatable bonds is 5. The monoisotopic (exact) mass is 426 g/mol. The van der Waals surface area contributed by atoms with Gasteiger partial charge in [-0.3, -0.25) is 19.4 Å². The third kappa shape index (κ3) is 3.96. The Morgan fingerprint density at radius 1 is 1.03 bits per heavy atom. The fourth-order valence-corrected chi connectivity index (χ4v) is 4.38. The van der Waals surface area contributed by atoms with Gasteiger partial charge >= 0.3 is 6.03 Å². The molecule has 3 aliphatic rings. The summed E-state index contributed by atoms with van der Waals surface area (Å²) in [5, 5.41) is 3.27. The molecule has 1 aromatic rings. The number of nitrogens with zero attached hydrogens (tertiary/aromatic N) is 5. The van der Waals surface area contributed by atoms with E-state index in [-0.39, 0.29) is 17.8 Å². The maximum Gasteiger partial charge on any atom is 0.328 e. The molecule has 0 spiro atoms. The number of carbonyl (C=O) groups is 3. The number of aliphatic imine (C=N–C) groups is 1. The smallest absolute Gasteiger partial charge is 0.328 e. The predicted octanol–water partition coefficient (Wildman–Crippen LogP) is 1.18. The Hall–Kier alpha value is -3.10. The van der Waals surface area contributed by atoms with Crippen molar-refractivity contribution in [3.8, 4) is 0 Å². The Balaban J connectivity index is 1.44. The van der Waals surface area contributed by atoms with Gasteiger partial charge < -0.3 is 15.1 Å². The number of piperazine rings is 1. The van der Waals surface area contributed by atoms with Crippen LogP contribution in [-0.2, 0) is 4.79 Å². The van der Waals surface area contributed by atoms with Gasteiger partial charge in [0.1, 0.15) is 6.04 Å². The summed E-state index contributed by atoms with van der Waals surface area (Å²) < 4.78 is 0. The quantitative estimate of drug-likeness (QED) is 0.764. The zero-order valence-corrected chi connectivity index (χ0v) is 18.2. The van der Waals surface area contributed by atoms with Crippen LogP contribution >= 0.6 is 0 Å². The van der Waals surface area contributed by atoms with Crippen LogP contribution in [0.25, 0.3) is 0 Å². The average molecular weight is 427 g/mol. The molecule has 3 heterocycles. The zero-order valence-electron chi connectivity index (χ0n) is 18.2. The lowest BCUT2D eigenvalue weighted by Gasteiger charge is -2.40. The van der Waals surface area contributed by atoms with Crippen molar-refractivity contribution in [2.45, 2.75) is 38.9 Å². The van der Waals surface area contributed by atoms with Crippen LogP contribution in [0.4, 0.5) is 4.79 Å². The van der Waals surface area contributed by atoms with E-state index in [0.717, 1.165) is 12.8 Å². The Kier molecular flexibility index (Phi) is 6.11. The lowest BCUT2D eigenvalue weighted by molar-refractivity contribution is -0.134. The number of urea groups is 1. The Labute approximate surface area is 182 Å². The fraction of sp³-hybridized carbons (Fsp3) is 0.545. The van der Waals surface area contributed by atoms with Crippen molar-refractivity contribution >= 4 is 23.8 Å². The summed E-state index contributed by atoms with van der Waals surface area (Å²) in [7, 11) is 0. The molecule has 9 nitrogen and oxygen atoms in total. The summed E-state index contributed by atoms with van der Waals surface area (Å²) in [4.78, 5) is 50.2. The van der Waals surface area contributed by atoms with Crippen LogP contribution < -0.4 is 5.32 Å². The van der Waals surface area contributed by atoms with Crippen molar-refractivity contribution < 1.29 is 14.4 Å². The van der Waals surface area contributed by atoms with E-state index in [1.54, 1.807) is 4.90 Å². The molecule has 166 valence electrons. The summed E-state index contributed by atoms with van der Waals surface area (Å²) in [5.74, 6) is 0.462. The number of guanidine groups is 1. The highest BCUT2D eigenvalue weighted by Gasteiger charge is 2.49. The Bertz CT molecular complexity index is 865. The van der Waals surface area contributed by atoms with Gasteiger partial charge in [0.05, 0.1) is 0 Å². The first kappa shape index (κ1) is 21.1.